The molecule has 0 saturated carbocycles. The van der Waals surface area contributed by atoms with Crippen molar-refractivity contribution < 1.29 is 118 Å². The van der Waals surface area contributed by atoms with E-state index < -0.39 is 142 Å². The fourth-order valence-electron chi connectivity index (χ4n) is 7.87. The van der Waals surface area contributed by atoms with E-state index in [4.69, 9.17) is 52.1 Å². The van der Waals surface area contributed by atoms with Gasteiger partial charge in [-0.15, -0.1) is 0 Å². The number of phenols is 2. The summed E-state index contributed by atoms with van der Waals surface area (Å²) in [4.78, 5) is 13.7. The van der Waals surface area contributed by atoms with E-state index in [2.05, 4.69) is 0 Å². The van der Waals surface area contributed by atoms with Gasteiger partial charge in [0.05, 0.1) is 46.2 Å². The molecule has 0 amide bonds. The van der Waals surface area contributed by atoms with Crippen LogP contribution in [0.15, 0.2) is 42.5 Å². The van der Waals surface area contributed by atoms with Crippen LogP contribution in [0, 0.1) is 0 Å². The van der Waals surface area contributed by atoms with Crippen LogP contribution in [0.5, 0.6) is 23.0 Å². The number of rotatable bonds is 17. The van der Waals surface area contributed by atoms with Gasteiger partial charge < -0.3 is 113 Å². The summed E-state index contributed by atoms with van der Waals surface area (Å²) in [6.07, 6.45) is -31.4. The Morgan fingerprint density at radius 3 is 1.88 bits per heavy atom. The van der Waals surface area contributed by atoms with Crippen LogP contribution in [-0.2, 0) is 53.8 Å². The van der Waals surface area contributed by atoms with E-state index in [1.54, 1.807) is 6.07 Å². The van der Waals surface area contributed by atoms with Crippen LogP contribution in [0.1, 0.15) is 25.0 Å². The number of phenolic OH excluding ortho intramolecular Hbond substituents is 2. The Bertz CT molecular complexity index is 1940. The van der Waals surface area contributed by atoms with Gasteiger partial charge in [-0.3, -0.25) is 0 Å². The molecular weight excluding hydrogens is 900 g/mol. The molecule has 4 aliphatic rings. The summed E-state index contributed by atoms with van der Waals surface area (Å²) in [5, 5.41) is 128. The Balaban J connectivity index is 1.34. The molecule has 0 spiro atoms. The predicted molar refractivity (Wildman–Crippen MR) is 221 cm³/mol. The lowest BCUT2D eigenvalue weighted by Gasteiger charge is -2.49. The molecule has 24 nitrogen and oxygen atoms in total. The van der Waals surface area contributed by atoms with Crippen molar-refractivity contribution >= 4 is 12.0 Å². The van der Waals surface area contributed by atoms with E-state index in [0.29, 0.717) is 11.1 Å². The molecule has 20 atom stereocenters. The van der Waals surface area contributed by atoms with Gasteiger partial charge in [-0.1, -0.05) is 12.1 Å². The second-order valence-electron chi connectivity index (χ2n) is 16.4. The van der Waals surface area contributed by atoms with Crippen LogP contribution in [-0.4, -0.2) is 224 Å². The first-order valence-corrected chi connectivity index (χ1v) is 21.4. The van der Waals surface area contributed by atoms with E-state index in [1.165, 1.54) is 64.5 Å². The van der Waals surface area contributed by atoms with Gasteiger partial charge in [0.15, 0.2) is 54.3 Å². The Labute approximate surface area is 383 Å². The predicted octanol–water partition coefficient (Wildman–Crippen LogP) is -3.73. The average molecular weight is 961 g/mol. The maximum atomic E-state index is 13.7. The number of esters is 1. The quantitative estimate of drug-likeness (QED) is 0.0536. The summed E-state index contributed by atoms with van der Waals surface area (Å²) in [6.45, 7) is 1.04. The number of carbonyl (C=O) groups is 1. The van der Waals surface area contributed by atoms with Gasteiger partial charge in [-0.25, -0.2) is 4.79 Å². The number of carbonyl (C=O) groups excluding carboxylic acids is 1. The van der Waals surface area contributed by atoms with Crippen LogP contribution in [0.2, 0.25) is 0 Å². The number of aliphatic hydroxyl groups excluding tert-OH is 10. The van der Waals surface area contributed by atoms with Gasteiger partial charge in [0.25, 0.3) is 0 Å². The lowest BCUT2D eigenvalue weighted by molar-refractivity contribution is -0.387. The van der Waals surface area contributed by atoms with Crippen molar-refractivity contribution in [2.24, 2.45) is 0 Å². The highest BCUT2D eigenvalue weighted by atomic mass is 16.8. The van der Waals surface area contributed by atoms with Gasteiger partial charge in [0.2, 0.25) is 0 Å². The van der Waals surface area contributed by atoms with E-state index >= 15 is 0 Å². The second-order valence-corrected chi connectivity index (χ2v) is 16.4. The number of hydrogen-bond donors (Lipinski definition) is 12. The maximum absolute atomic E-state index is 13.7. The molecule has 376 valence electrons. The first-order valence-electron chi connectivity index (χ1n) is 21.4. The molecule has 2 aromatic rings. The molecule has 0 aliphatic carbocycles. The fraction of sp³-hybridized carbons (Fsp3) is 0.651. The Morgan fingerprint density at radius 2 is 1.21 bits per heavy atom. The van der Waals surface area contributed by atoms with Crippen LogP contribution < -0.4 is 9.47 Å². The summed E-state index contributed by atoms with van der Waals surface area (Å²) >= 11 is 0. The monoisotopic (exact) mass is 960 g/mol. The minimum Gasteiger partial charge on any atom is -0.504 e. The van der Waals surface area contributed by atoms with Crippen molar-refractivity contribution in [3.63, 3.8) is 0 Å². The molecule has 6 rings (SSSR count). The molecule has 12 N–H and O–H groups in total. The zero-order valence-corrected chi connectivity index (χ0v) is 36.8. The number of aromatic hydroxyl groups is 2. The van der Waals surface area contributed by atoms with Crippen LogP contribution in [0.25, 0.3) is 6.08 Å². The number of methoxy groups -OCH3 is 2. The highest BCUT2D eigenvalue weighted by molar-refractivity contribution is 5.87. The first-order chi connectivity index (χ1) is 31.9. The molecule has 0 bridgehead atoms. The molecule has 4 fully saturated rings. The third kappa shape index (κ3) is 12.1. The topological polar surface area (TPSA) is 361 Å². The Kier molecular flexibility index (Phi) is 18.1. The molecule has 4 heterocycles. The van der Waals surface area contributed by atoms with Crippen LogP contribution in [0.3, 0.4) is 0 Å². The lowest BCUT2D eigenvalue weighted by atomic mass is 9.96. The number of ether oxygens (including phenoxy) is 11. The van der Waals surface area contributed by atoms with Crippen molar-refractivity contribution in [2.75, 3.05) is 34.0 Å². The second kappa shape index (κ2) is 23.2. The number of aliphatic hydroxyl groups is 10. The Hall–Kier alpha value is -3.87. The lowest BCUT2D eigenvalue weighted by Crippen LogP contribution is -2.67. The minimum absolute atomic E-state index is 0.0881. The standard InChI is InChI=1S/C43H60O24/c1-17-28(48)31(51)35(55)42(61-17)67-39-33(53)29(49)18(2)62-43(39)66-38-36(56)41(59-12-11-20-6-9-23(57-3)22(46)13-20)64-26(16-60-40-34(54)32(52)30(50)25(15-44)63-40)37(38)65-27(47)10-7-19-5-8-21(45)24(14-19)58-4/h5-10,13-14,17-18,25-26,28-46,48-56H,11-12,15-16H2,1-4H3/b10-7+/t17-,18-,25+,26+,28-,29-,30+,31+,32-,33+,34+,35+,36+,37+,38+,39+,40+,41+,42-,43-/m0/s1. The summed E-state index contributed by atoms with van der Waals surface area (Å²) in [6, 6.07) is 8.79. The van der Waals surface area contributed by atoms with Crippen molar-refractivity contribution in [3.05, 3.63) is 53.6 Å². The molecule has 0 unspecified atom stereocenters. The smallest absolute Gasteiger partial charge is 0.331 e. The third-order valence-electron chi connectivity index (χ3n) is 11.8. The van der Waals surface area contributed by atoms with Crippen molar-refractivity contribution in [2.45, 2.75) is 143 Å². The van der Waals surface area contributed by atoms with Gasteiger partial charge in [-0.2, -0.15) is 0 Å². The average Bonchev–Trinajstić information content (AvgIpc) is 3.31. The van der Waals surface area contributed by atoms with Gasteiger partial charge >= 0.3 is 5.97 Å². The van der Waals surface area contributed by atoms with Crippen molar-refractivity contribution in [3.8, 4) is 23.0 Å². The number of benzene rings is 2. The maximum Gasteiger partial charge on any atom is 0.331 e. The van der Waals surface area contributed by atoms with Gasteiger partial charge in [-0.05, 0) is 61.7 Å². The molecule has 4 aliphatic heterocycles. The van der Waals surface area contributed by atoms with E-state index in [0.717, 1.165) is 6.08 Å². The molecule has 4 saturated heterocycles. The zero-order valence-electron chi connectivity index (χ0n) is 36.8. The highest BCUT2D eigenvalue weighted by Gasteiger charge is 2.55. The molecule has 0 radical (unpaired) electrons. The molecule has 67 heavy (non-hydrogen) atoms. The third-order valence-corrected chi connectivity index (χ3v) is 11.8. The SMILES string of the molecule is COc1ccc(CCO[C@@H]2O[C@H](CO[C@@H]3O[C@H](CO)[C@@H](O)[C@H](O)[C@H]3O)[C@@H](OC(=O)/C=C/c3ccc(O)c(OC)c3)[C@H](O[C@@H]3O[C@@H](C)[C@H](O)[C@@H](O)[C@H]3O[C@@H]3O[C@@H](C)[C@H](O)[C@@H](O)[C@H]3O)[C@H]2O)cc1O. The van der Waals surface area contributed by atoms with Crippen LogP contribution in [0.4, 0.5) is 0 Å². The van der Waals surface area contributed by atoms with Crippen molar-refractivity contribution in [1.29, 1.82) is 0 Å². The molecule has 0 aromatic heterocycles. The zero-order chi connectivity index (χ0) is 48.9. The molecule has 24 heteroatoms. The summed E-state index contributed by atoms with van der Waals surface area (Å²) < 4.78 is 63.4. The number of hydrogen-bond acceptors (Lipinski definition) is 24. The molecule has 2 aromatic carbocycles. The highest BCUT2D eigenvalue weighted by Crippen LogP contribution is 2.36. The summed E-state index contributed by atoms with van der Waals surface area (Å²) in [7, 11) is 2.70. The Morgan fingerprint density at radius 1 is 0.597 bits per heavy atom. The minimum atomic E-state index is -1.94. The van der Waals surface area contributed by atoms with E-state index in [9.17, 15) is 66.1 Å². The van der Waals surface area contributed by atoms with E-state index in [-0.39, 0.29) is 36.0 Å². The first kappa shape index (κ1) is 52.5. The summed E-state index contributed by atoms with van der Waals surface area (Å²) in [5.74, 6) is -1.12. The molecular formula is C43H60O24. The summed E-state index contributed by atoms with van der Waals surface area (Å²) in [5.41, 5.74) is 0.941. The van der Waals surface area contributed by atoms with Crippen molar-refractivity contribution in [1.82, 2.24) is 0 Å². The van der Waals surface area contributed by atoms with Gasteiger partial charge in [0, 0.05) is 6.08 Å². The van der Waals surface area contributed by atoms with E-state index in [1.807, 2.05) is 0 Å². The van der Waals surface area contributed by atoms with Crippen LogP contribution >= 0.6 is 0 Å². The largest absolute Gasteiger partial charge is 0.504 e. The fourth-order valence-corrected chi connectivity index (χ4v) is 7.87. The normalized spacial score (nSPS) is 39.3. The van der Waals surface area contributed by atoms with Gasteiger partial charge in [0.1, 0.15) is 79.4 Å².